The van der Waals surface area contributed by atoms with Gasteiger partial charge in [-0.15, -0.1) is 0 Å². The van der Waals surface area contributed by atoms with E-state index in [-0.39, 0.29) is 17.9 Å². The van der Waals surface area contributed by atoms with Crippen molar-refractivity contribution < 1.29 is 9.90 Å². The third kappa shape index (κ3) is 2.44. The van der Waals surface area contributed by atoms with Crippen molar-refractivity contribution in [1.29, 1.82) is 5.26 Å². The Hall–Kier alpha value is -1.08. The van der Waals surface area contributed by atoms with Crippen LogP contribution in [0.1, 0.15) is 44.9 Å². The molecule has 2 unspecified atom stereocenters. The number of carbonyl (C=O) groups is 1. The molecule has 2 N–H and O–H groups in total. The molecule has 2 rings (SSSR count). The lowest BCUT2D eigenvalue weighted by molar-refractivity contribution is -0.132. The molecule has 2 aliphatic rings. The molecule has 0 aromatic rings. The van der Waals surface area contributed by atoms with E-state index in [0.29, 0.717) is 19.4 Å². The normalized spacial score (nSPS) is 31.1. The number of nitrogens with one attached hydrogen (secondary N) is 1. The number of rotatable bonds is 3. The van der Waals surface area contributed by atoms with Crippen molar-refractivity contribution in [2.45, 2.75) is 51.0 Å². The van der Waals surface area contributed by atoms with E-state index in [1.807, 2.05) is 0 Å². The summed E-state index contributed by atoms with van der Waals surface area (Å²) in [6.45, 7) is 0.517. The molecule has 1 amide bonds. The van der Waals surface area contributed by atoms with Gasteiger partial charge in [-0.05, 0) is 32.1 Å². The Labute approximate surface area is 102 Å². The molecular formula is C13H20N2O2. The van der Waals surface area contributed by atoms with Crippen molar-refractivity contribution in [3.8, 4) is 6.07 Å². The van der Waals surface area contributed by atoms with Crippen LogP contribution < -0.4 is 5.32 Å². The highest BCUT2D eigenvalue weighted by atomic mass is 16.3. The molecular weight excluding hydrogens is 216 g/mol. The summed E-state index contributed by atoms with van der Waals surface area (Å²) in [5, 5.41) is 21.7. The second-order valence-electron chi connectivity index (χ2n) is 5.37. The topological polar surface area (TPSA) is 73.1 Å². The largest absolute Gasteiger partial charge is 0.393 e. The van der Waals surface area contributed by atoms with Crippen LogP contribution in [0, 0.1) is 22.7 Å². The zero-order valence-electron chi connectivity index (χ0n) is 10.1. The Morgan fingerprint density at radius 2 is 2.06 bits per heavy atom. The molecule has 94 valence electrons. The van der Waals surface area contributed by atoms with Crippen LogP contribution in [0.25, 0.3) is 0 Å². The van der Waals surface area contributed by atoms with Gasteiger partial charge in [0.1, 0.15) is 5.41 Å². The lowest BCUT2D eigenvalue weighted by atomic mass is 9.69. The van der Waals surface area contributed by atoms with Crippen LogP contribution in [0.3, 0.4) is 0 Å². The van der Waals surface area contributed by atoms with E-state index < -0.39 is 5.41 Å². The molecule has 0 heterocycles. The molecule has 0 bridgehead atoms. The van der Waals surface area contributed by atoms with Gasteiger partial charge in [0.25, 0.3) is 0 Å². The second kappa shape index (κ2) is 5.05. The fourth-order valence-electron chi connectivity index (χ4n) is 2.74. The quantitative estimate of drug-likeness (QED) is 0.776. The lowest BCUT2D eigenvalue weighted by Gasteiger charge is -2.35. The van der Waals surface area contributed by atoms with E-state index in [1.54, 1.807) is 0 Å². The van der Waals surface area contributed by atoms with E-state index in [0.717, 1.165) is 32.1 Å². The maximum Gasteiger partial charge on any atom is 0.240 e. The van der Waals surface area contributed by atoms with E-state index in [9.17, 15) is 9.90 Å². The Bertz CT molecular complexity index is 331. The van der Waals surface area contributed by atoms with Crippen molar-refractivity contribution in [2.24, 2.45) is 11.3 Å². The van der Waals surface area contributed by atoms with Gasteiger partial charge in [-0.3, -0.25) is 4.79 Å². The molecule has 0 aliphatic heterocycles. The van der Waals surface area contributed by atoms with Crippen molar-refractivity contribution in [3.63, 3.8) is 0 Å². The van der Waals surface area contributed by atoms with Gasteiger partial charge in [0, 0.05) is 12.5 Å². The smallest absolute Gasteiger partial charge is 0.240 e. The second-order valence-corrected chi connectivity index (χ2v) is 5.37. The minimum atomic E-state index is -0.764. The van der Waals surface area contributed by atoms with Crippen molar-refractivity contribution >= 4 is 5.91 Å². The highest BCUT2D eigenvalue weighted by molar-refractivity contribution is 5.86. The Morgan fingerprint density at radius 1 is 1.35 bits per heavy atom. The van der Waals surface area contributed by atoms with E-state index in [1.165, 1.54) is 0 Å². The third-order valence-corrected chi connectivity index (χ3v) is 4.25. The zero-order valence-corrected chi connectivity index (χ0v) is 10.1. The van der Waals surface area contributed by atoms with E-state index in [4.69, 9.17) is 5.26 Å². The van der Waals surface area contributed by atoms with Crippen LogP contribution in [-0.2, 0) is 4.79 Å². The fraction of sp³-hybridized carbons (Fsp3) is 0.846. The van der Waals surface area contributed by atoms with Crippen molar-refractivity contribution in [1.82, 2.24) is 5.32 Å². The number of aliphatic hydroxyl groups is 1. The molecule has 2 saturated carbocycles. The van der Waals surface area contributed by atoms with Gasteiger partial charge in [0.05, 0.1) is 12.2 Å². The van der Waals surface area contributed by atoms with Gasteiger partial charge < -0.3 is 10.4 Å². The number of nitriles is 1. The Morgan fingerprint density at radius 3 is 2.59 bits per heavy atom. The summed E-state index contributed by atoms with van der Waals surface area (Å²) in [7, 11) is 0. The van der Waals surface area contributed by atoms with E-state index >= 15 is 0 Å². The summed E-state index contributed by atoms with van der Waals surface area (Å²) in [6, 6.07) is 2.14. The first-order valence-electron chi connectivity index (χ1n) is 6.55. The lowest BCUT2D eigenvalue weighted by Crippen LogP contribution is -2.47. The van der Waals surface area contributed by atoms with Gasteiger partial charge in [0.15, 0.2) is 0 Å². The number of hydrogen-bond donors (Lipinski definition) is 2. The molecule has 2 atom stereocenters. The summed E-state index contributed by atoms with van der Waals surface area (Å²) in [5.74, 6) is 0.0348. The first-order valence-corrected chi connectivity index (χ1v) is 6.55. The Kier molecular flexibility index (Phi) is 3.68. The predicted molar refractivity (Wildman–Crippen MR) is 62.9 cm³/mol. The SMILES string of the molecule is N#CC1(C(=O)NCC2CCCCC2O)CCC1. The predicted octanol–water partition coefficient (Wildman–Crippen LogP) is 1.35. The van der Waals surface area contributed by atoms with Gasteiger partial charge in [0.2, 0.25) is 5.91 Å². The number of amides is 1. The van der Waals surface area contributed by atoms with Gasteiger partial charge in [-0.1, -0.05) is 12.8 Å². The number of hydrogen-bond acceptors (Lipinski definition) is 3. The first-order chi connectivity index (χ1) is 8.18. The van der Waals surface area contributed by atoms with Crippen LogP contribution >= 0.6 is 0 Å². The highest BCUT2D eigenvalue weighted by Crippen LogP contribution is 2.40. The van der Waals surface area contributed by atoms with Crippen LogP contribution in [0.2, 0.25) is 0 Å². The van der Waals surface area contributed by atoms with Crippen LogP contribution in [0.4, 0.5) is 0 Å². The monoisotopic (exact) mass is 236 g/mol. The fourth-order valence-corrected chi connectivity index (χ4v) is 2.74. The van der Waals surface area contributed by atoms with Crippen LogP contribution in [0.15, 0.2) is 0 Å². The molecule has 0 aromatic carbocycles. The molecule has 4 heteroatoms. The molecule has 0 aromatic heterocycles. The van der Waals surface area contributed by atoms with Gasteiger partial charge >= 0.3 is 0 Å². The maximum atomic E-state index is 11.9. The summed E-state index contributed by atoms with van der Waals surface area (Å²) < 4.78 is 0. The summed E-state index contributed by atoms with van der Waals surface area (Å²) in [5.41, 5.74) is -0.764. The minimum absolute atomic E-state index is 0.135. The van der Waals surface area contributed by atoms with Crippen molar-refractivity contribution in [3.05, 3.63) is 0 Å². The first kappa shape index (κ1) is 12.4. The maximum absolute atomic E-state index is 11.9. The summed E-state index contributed by atoms with van der Waals surface area (Å²) in [4.78, 5) is 11.9. The Balaban J connectivity index is 1.81. The van der Waals surface area contributed by atoms with Gasteiger partial charge in [-0.25, -0.2) is 0 Å². The molecule has 17 heavy (non-hydrogen) atoms. The number of nitrogens with zero attached hydrogens (tertiary/aromatic N) is 1. The van der Waals surface area contributed by atoms with Gasteiger partial charge in [-0.2, -0.15) is 5.26 Å². The van der Waals surface area contributed by atoms with Crippen LogP contribution in [-0.4, -0.2) is 23.7 Å². The number of aliphatic hydroxyl groups excluding tert-OH is 1. The zero-order chi connectivity index (χ0) is 12.3. The third-order valence-electron chi connectivity index (χ3n) is 4.25. The minimum Gasteiger partial charge on any atom is -0.393 e. The number of carbonyl (C=O) groups excluding carboxylic acids is 1. The standard InChI is InChI=1S/C13H20N2O2/c14-9-13(6-3-7-13)12(17)15-8-10-4-1-2-5-11(10)16/h10-11,16H,1-8H2,(H,15,17). The molecule has 0 radical (unpaired) electrons. The summed E-state index contributed by atoms with van der Waals surface area (Å²) in [6.07, 6.45) is 6.06. The molecule has 0 spiro atoms. The summed E-state index contributed by atoms with van der Waals surface area (Å²) >= 11 is 0. The molecule has 0 saturated heterocycles. The molecule has 4 nitrogen and oxygen atoms in total. The van der Waals surface area contributed by atoms with Crippen molar-refractivity contribution in [2.75, 3.05) is 6.54 Å². The van der Waals surface area contributed by atoms with Crippen LogP contribution in [0.5, 0.6) is 0 Å². The van der Waals surface area contributed by atoms with E-state index in [2.05, 4.69) is 11.4 Å². The average molecular weight is 236 g/mol. The molecule has 2 aliphatic carbocycles. The highest BCUT2D eigenvalue weighted by Gasteiger charge is 2.44. The average Bonchev–Trinajstić information content (AvgIpc) is 2.27. The molecule has 2 fully saturated rings.